The Bertz CT molecular complexity index is 854. The number of benzene rings is 2. The van der Waals surface area contributed by atoms with Crippen molar-refractivity contribution in [1.29, 1.82) is 5.26 Å². The smallest absolute Gasteiger partial charge is 0.280 e. The minimum Gasteiger partial charge on any atom is -0.454 e. The Morgan fingerprint density at radius 3 is 2.52 bits per heavy atom. The lowest BCUT2D eigenvalue weighted by atomic mass is 10.0. The Labute approximate surface area is 136 Å². The van der Waals surface area contributed by atoms with Gasteiger partial charge >= 0.3 is 0 Å². The number of nitriles is 1. The van der Waals surface area contributed by atoms with Crippen molar-refractivity contribution in [2.24, 2.45) is 0 Å². The summed E-state index contributed by atoms with van der Waals surface area (Å²) in [5.41, 5.74) is 1.01. The third-order valence-corrected chi connectivity index (χ3v) is 3.55. The van der Waals surface area contributed by atoms with E-state index in [4.69, 9.17) is 21.1 Å². The van der Waals surface area contributed by atoms with Gasteiger partial charge in [-0.25, -0.2) is 0 Å². The number of nitrogens with zero attached hydrogens (tertiary/aromatic N) is 2. The van der Waals surface area contributed by atoms with Gasteiger partial charge in [0, 0.05) is 5.02 Å². The maximum absolute atomic E-state index is 11.3. The second-order valence-electron chi connectivity index (χ2n) is 4.70. The van der Waals surface area contributed by atoms with E-state index in [0.29, 0.717) is 22.1 Å². The zero-order chi connectivity index (χ0) is 16.4. The van der Waals surface area contributed by atoms with Crippen LogP contribution in [0.3, 0.4) is 0 Å². The van der Waals surface area contributed by atoms with E-state index >= 15 is 0 Å². The van der Waals surface area contributed by atoms with Crippen molar-refractivity contribution in [3.8, 4) is 17.6 Å². The predicted octanol–water partition coefficient (Wildman–Crippen LogP) is 4.04. The minimum atomic E-state index is -0.523. The fraction of sp³-hybridized carbons (Fsp3) is 0.0625. The molecule has 0 saturated carbocycles. The molecule has 0 aliphatic carbocycles. The molecule has 23 heavy (non-hydrogen) atoms. The first-order valence-corrected chi connectivity index (χ1v) is 6.92. The Hall–Kier alpha value is -3.04. The van der Waals surface area contributed by atoms with Crippen molar-refractivity contribution in [3.63, 3.8) is 0 Å². The Morgan fingerprint density at radius 2 is 1.91 bits per heavy atom. The highest BCUT2D eigenvalue weighted by Gasteiger charge is 2.22. The summed E-state index contributed by atoms with van der Waals surface area (Å²) < 4.78 is 10.4. The highest BCUT2D eigenvalue weighted by Crippen LogP contribution is 2.39. The maximum Gasteiger partial charge on any atom is 0.280 e. The first-order chi connectivity index (χ1) is 11.1. The molecule has 0 N–H and O–H groups in total. The molecule has 1 aliphatic rings. The Morgan fingerprint density at radius 1 is 1.26 bits per heavy atom. The lowest BCUT2D eigenvalue weighted by Crippen LogP contribution is -1.93. The van der Waals surface area contributed by atoms with Crippen LogP contribution >= 0.6 is 11.6 Å². The predicted molar refractivity (Wildman–Crippen MR) is 84.2 cm³/mol. The summed E-state index contributed by atoms with van der Waals surface area (Å²) in [6.45, 7) is 0.0158. The third kappa shape index (κ3) is 2.96. The Kier molecular flexibility index (Phi) is 3.87. The Balaban J connectivity index is 2.11. The van der Waals surface area contributed by atoms with Crippen LogP contribution in [0.4, 0.5) is 5.69 Å². The molecule has 0 amide bonds. The zero-order valence-electron chi connectivity index (χ0n) is 11.7. The van der Waals surface area contributed by atoms with Crippen LogP contribution < -0.4 is 9.47 Å². The van der Waals surface area contributed by atoms with Gasteiger partial charge < -0.3 is 9.47 Å². The van der Waals surface area contributed by atoms with Crippen molar-refractivity contribution >= 4 is 28.9 Å². The molecule has 0 atom stereocenters. The molecule has 0 spiro atoms. The molecule has 0 bridgehead atoms. The highest BCUT2D eigenvalue weighted by atomic mass is 35.5. The van der Waals surface area contributed by atoms with Gasteiger partial charge in [-0.1, -0.05) is 23.7 Å². The number of halogens is 1. The molecule has 0 aromatic heterocycles. The second kappa shape index (κ2) is 5.99. The summed E-state index contributed by atoms with van der Waals surface area (Å²) in [5, 5.41) is 21.1. The number of ether oxygens (including phenoxy) is 2. The quantitative estimate of drug-likeness (QED) is 0.367. The van der Waals surface area contributed by atoms with E-state index in [0.717, 1.165) is 0 Å². The molecule has 6 nitrogen and oxygen atoms in total. The molecule has 1 aliphatic heterocycles. The van der Waals surface area contributed by atoms with Crippen LogP contribution in [0.25, 0.3) is 11.6 Å². The van der Waals surface area contributed by atoms with Crippen LogP contribution in [0.2, 0.25) is 5.02 Å². The normalized spacial score (nSPS) is 12.8. The molecular formula is C16H9ClN2O4. The maximum atomic E-state index is 11.3. The second-order valence-corrected chi connectivity index (χ2v) is 5.13. The summed E-state index contributed by atoms with van der Waals surface area (Å²) in [4.78, 5) is 10.7. The van der Waals surface area contributed by atoms with Gasteiger partial charge in [0.2, 0.25) is 6.79 Å². The first kappa shape index (κ1) is 14.9. The van der Waals surface area contributed by atoms with Crippen LogP contribution in [0.5, 0.6) is 11.5 Å². The summed E-state index contributed by atoms with van der Waals surface area (Å²) in [6, 6.07) is 11.5. The number of hydrogen-bond acceptors (Lipinski definition) is 5. The fourth-order valence-corrected chi connectivity index (χ4v) is 2.31. The molecule has 7 heteroatoms. The average Bonchev–Trinajstić information content (AvgIpc) is 3.00. The number of hydrogen-bond donors (Lipinski definition) is 0. The molecular weight excluding hydrogens is 320 g/mol. The number of nitro groups is 1. The van der Waals surface area contributed by atoms with E-state index in [9.17, 15) is 15.4 Å². The summed E-state index contributed by atoms with van der Waals surface area (Å²) in [7, 11) is 0. The molecule has 0 fully saturated rings. The van der Waals surface area contributed by atoms with Crippen molar-refractivity contribution in [3.05, 3.63) is 62.7 Å². The molecule has 1 heterocycles. The lowest BCUT2D eigenvalue weighted by molar-refractivity contribution is -0.385. The number of rotatable bonds is 3. The van der Waals surface area contributed by atoms with Crippen LogP contribution in [-0.4, -0.2) is 11.7 Å². The molecule has 114 valence electrons. The largest absolute Gasteiger partial charge is 0.454 e. The summed E-state index contributed by atoms with van der Waals surface area (Å²) in [5.74, 6) is 0.731. The zero-order valence-corrected chi connectivity index (χ0v) is 12.4. The van der Waals surface area contributed by atoms with Crippen molar-refractivity contribution in [2.75, 3.05) is 6.79 Å². The molecule has 2 aromatic rings. The summed E-state index contributed by atoms with van der Waals surface area (Å²) >= 11 is 5.83. The highest BCUT2D eigenvalue weighted by molar-refractivity contribution is 6.30. The molecule has 3 rings (SSSR count). The average molecular weight is 329 g/mol. The van der Waals surface area contributed by atoms with Crippen molar-refractivity contribution < 1.29 is 14.4 Å². The first-order valence-electron chi connectivity index (χ1n) is 6.54. The third-order valence-electron chi connectivity index (χ3n) is 3.29. The van der Waals surface area contributed by atoms with E-state index in [1.807, 2.05) is 6.07 Å². The van der Waals surface area contributed by atoms with Crippen LogP contribution in [0.1, 0.15) is 11.1 Å². The molecule has 0 unspecified atom stereocenters. The monoisotopic (exact) mass is 328 g/mol. The fourth-order valence-electron chi connectivity index (χ4n) is 2.19. The number of nitro benzene ring substituents is 1. The van der Waals surface area contributed by atoms with Gasteiger partial charge in [-0.3, -0.25) is 10.1 Å². The van der Waals surface area contributed by atoms with E-state index in [1.54, 1.807) is 24.3 Å². The van der Waals surface area contributed by atoms with Gasteiger partial charge in [0.15, 0.2) is 11.5 Å². The van der Waals surface area contributed by atoms with Crippen LogP contribution in [0.15, 0.2) is 36.4 Å². The van der Waals surface area contributed by atoms with Gasteiger partial charge in [-0.15, -0.1) is 0 Å². The number of allylic oxidation sites excluding steroid dienone is 1. The van der Waals surface area contributed by atoms with E-state index in [-0.39, 0.29) is 23.6 Å². The van der Waals surface area contributed by atoms with Gasteiger partial charge in [0.05, 0.1) is 28.2 Å². The van der Waals surface area contributed by atoms with E-state index in [1.165, 1.54) is 18.2 Å². The van der Waals surface area contributed by atoms with Crippen molar-refractivity contribution in [2.45, 2.75) is 0 Å². The van der Waals surface area contributed by atoms with Gasteiger partial charge in [0.1, 0.15) is 0 Å². The van der Waals surface area contributed by atoms with Gasteiger partial charge in [0.25, 0.3) is 5.69 Å². The molecule has 0 radical (unpaired) electrons. The van der Waals surface area contributed by atoms with E-state index < -0.39 is 4.92 Å². The van der Waals surface area contributed by atoms with Gasteiger partial charge in [-0.2, -0.15) is 5.26 Å². The SMILES string of the molecule is N#C/C(=C\c1cc2c(cc1[N+](=O)[O-])OCO2)c1ccc(Cl)cc1. The molecule has 0 saturated heterocycles. The van der Waals surface area contributed by atoms with Crippen LogP contribution in [0, 0.1) is 21.4 Å². The molecule has 2 aromatic carbocycles. The lowest BCUT2D eigenvalue weighted by Gasteiger charge is -2.03. The number of fused-ring (bicyclic) bond motifs is 1. The van der Waals surface area contributed by atoms with Crippen LogP contribution in [-0.2, 0) is 0 Å². The standard InChI is InChI=1S/C16H9ClN2O4/c17-13-3-1-10(2-4-13)12(8-18)5-11-6-15-16(23-9-22-15)7-14(11)19(20)21/h1-7H,9H2/b12-5+. The van der Waals surface area contributed by atoms with E-state index in [2.05, 4.69) is 0 Å². The topological polar surface area (TPSA) is 85.4 Å². The van der Waals surface area contributed by atoms with Crippen molar-refractivity contribution in [1.82, 2.24) is 0 Å². The minimum absolute atomic E-state index is 0.0158. The summed E-state index contributed by atoms with van der Waals surface area (Å²) in [6.07, 6.45) is 1.45. The van der Waals surface area contributed by atoms with Gasteiger partial charge in [-0.05, 0) is 29.8 Å².